The molecule has 0 heterocycles. The average molecular weight is 277 g/mol. The number of nitrogens with two attached hydrogens (primary N) is 1. The zero-order valence-electron chi connectivity index (χ0n) is 8.93. The van der Waals surface area contributed by atoms with Crippen molar-refractivity contribution in [3.63, 3.8) is 0 Å². The fraction of sp³-hybridized carbons (Fsp3) is 0.400. The first kappa shape index (κ1) is 12.6. The Balaban J connectivity index is 2.17. The van der Waals surface area contributed by atoms with E-state index in [9.17, 15) is 8.42 Å². The lowest BCUT2D eigenvalue weighted by molar-refractivity contribution is 0.0712. The largest absolute Gasteiger partial charge is 0.397 e. The molecule has 0 aromatic heterocycles. The second kappa shape index (κ2) is 4.45. The maximum atomic E-state index is 11.9. The monoisotopic (exact) mass is 276 g/mol. The van der Waals surface area contributed by atoms with Gasteiger partial charge in [-0.3, -0.25) is 0 Å². The maximum absolute atomic E-state index is 11.9. The van der Waals surface area contributed by atoms with Gasteiger partial charge >= 0.3 is 0 Å². The topological polar surface area (TPSA) is 92.4 Å². The first-order valence-corrected chi connectivity index (χ1v) is 7.00. The van der Waals surface area contributed by atoms with Crippen molar-refractivity contribution in [3.8, 4) is 0 Å². The smallest absolute Gasteiger partial charge is 0.240 e. The van der Waals surface area contributed by atoms with Crippen LogP contribution in [-0.4, -0.2) is 25.7 Å². The Labute approximate surface area is 105 Å². The van der Waals surface area contributed by atoms with E-state index in [0.29, 0.717) is 17.9 Å². The van der Waals surface area contributed by atoms with Gasteiger partial charge in [0, 0.05) is 6.04 Å². The molecule has 1 aliphatic rings. The molecular weight excluding hydrogens is 264 g/mol. The summed E-state index contributed by atoms with van der Waals surface area (Å²) in [5, 5.41) is 9.42. The lowest BCUT2D eigenvalue weighted by atomic mass is 9.91. The summed E-state index contributed by atoms with van der Waals surface area (Å²) in [7, 11) is -3.58. The van der Waals surface area contributed by atoms with Crippen molar-refractivity contribution in [2.75, 3.05) is 5.73 Å². The fourth-order valence-corrected chi connectivity index (χ4v) is 3.07. The van der Waals surface area contributed by atoms with Gasteiger partial charge in [0.25, 0.3) is 0 Å². The SMILES string of the molecule is Nc1cc(S(=O)(=O)NC2CC(O)C2)ccc1Cl. The standard InChI is InChI=1S/C10H13ClN2O3S/c11-9-2-1-8(5-10(9)12)17(15,16)13-6-3-7(14)4-6/h1-2,5-7,13-14H,3-4,12H2. The third kappa shape index (κ3) is 2.71. The summed E-state index contributed by atoms with van der Waals surface area (Å²) in [6.07, 6.45) is 0.489. The van der Waals surface area contributed by atoms with Crippen molar-refractivity contribution in [2.45, 2.75) is 29.9 Å². The van der Waals surface area contributed by atoms with E-state index >= 15 is 0 Å². The molecule has 94 valence electrons. The Hall–Kier alpha value is -0.820. The quantitative estimate of drug-likeness (QED) is 0.710. The van der Waals surface area contributed by atoms with Gasteiger partial charge in [-0.15, -0.1) is 0 Å². The Morgan fingerprint density at radius 3 is 2.59 bits per heavy atom. The highest BCUT2D eigenvalue weighted by molar-refractivity contribution is 7.89. The normalized spacial score (nSPS) is 24.4. The number of hydrogen-bond donors (Lipinski definition) is 3. The van der Waals surface area contributed by atoms with Crippen LogP contribution in [0.3, 0.4) is 0 Å². The number of nitrogens with one attached hydrogen (secondary N) is 1. The van der Waals surface area contributed by atoms with Crippen LogP contribution in [-0.2, 0) is 10.0 Å². The molecule has 0 radical (unpaired) electrons. The highest BCUT2D eigenvalue weighted by atomic mass is 35.5. The molecule has 1 aliphatic carbocycles. The molecule has 1 saturated carbocycles. The minimum absolute atomic E-state index is 0.0841. The number of anilines is 1. The minimum Gasteiger partial charge on any atom is -0.397 e. The molecule has 0 saturated heterocycles. The zero-order valence-corrected chi connectivity index (χ0v) is 10.5. The second-order valence-electron chi connectivity index (χ2n) is 4.13. The van der Waals surface area contributed by atoms with E-state index in [1.807, 2.05) is 0 Å². The fourth-order valence-electron chi connectivity index (χ4n) is 1.66. The van der Waals surface area contributed by atoms with Gasteiger partial charge in [0.05, 0.1) is 21.7 Å². The number of aliphatic hydroxyl groups is 1. The van der Waals surface area contributed by atoms with E-state index in [2.05, 4.69) is 4.72 Å². The number of sulfonamides is 1. The summed E-state index contributed by atoms with van der Waals surface area (Å²) in [5.74, 6) is 0. The van der Waals surface area contributed by atoms with Crippen LogP contribution in [0.4, 0.5) is 5.69 Å². The maximum Gasteiger partial charge on any atom is 0.240 e. The molecule has 2 rings (SSSR count). The highest BCUT2D eigenvalue weighted by Crippen LogP contribution is 2.25. The molecular formula is C10H13ClN2O3S. The molecule has 0 atom stereocenters. The van der Waals surface area contributed by atoms with Crippen LogP contribution >= 0.6 is 11.6 Å². The third-order valence-electron chi connectivity index (χ3n) is 2.71. The van der Waals surface area contributed by atoms with Crippen LogP contribution in [0.1, 0.15) is 12.8 Å². The van der Waals surface area contributed by atoms with Crippen molar-refractivity contribution < 1.29 is 13.5 Å². The van der Waals surface area contributed by atoms with Crippen LogP contribution in [0.25, 0.3) is 0 Å². The van der Waals surface area contributed by atoms with Gasteiger partial charge in [-0.25, -0.2) is 13.1 Å². The zero-order chi connectivity index (χ0) is 12.6. The van der Waals surface area contributed by atoms with E-state index in [1.165, 1.54) is 18.2 Å². The number of hydrogen-bond acceptors (Lipinski definition) is 4. The van der Waals surface area contributed by atoms with Gasteiger partial charge in [0.1, 0.15) is 0 Å². The summed E-state index contributed by atoms with van der Waals surface area (Å²) in [5.41, 5.74) is 5.78. The Morgan fingerprint density at radius 2 is 2.06 bits per heavy atom. The molecule has 0 unspecified atom stereocenters. The summed E-state index contributed by atoms with van der Waals surface area (Å²) in [6.45, 7) is 0. The van der Waals surface area contributed by atoms with Gasteiger partial charge in [-0.1, -0.05) is 11.6 Å². The molecule has 7 heteroatoms. The van der Waals surface area contributed by atoms with Crippen molar-refractivity contribution in [1.82, 2.24) is 4.72 Å². The molecule has 1 aromatic carbocycles. The van der Waals surface area contributed by atoms with E-state index < -0.39 is 16.1 Å². The number of nitrogen functional groups attached to an aromatic ring is 1. The third-order valence-corrected chi connectivity index (χ3v) is 4.58. The first-order chi connectivity index (χ1) is 7.88. The molecule has 0 amide bonds. The van der Waals surface area contributed by atoms with Gasteiger partial charge in [0.2, 0.25) is 10.0 Å². The number of rotatable bonds is 3. The first-order valence-electron chi connectivity index (χ1n) is 5.14. The second-order valence-corrected chi connectivity index (χ2v) is 6.25. The van der Waals surface area contributed by atoms with Crippen LogP contribution in [0.2, 0.25) is 5.02 Å². The average Bonchev–Trinajstić information content (AvgIpc) is 2.19. The van der Waals surface area contributed by atoms with Gasteiger partial charge in [0.15, 0.2) is 0 Å². The van der Waals surface area contributed by atoms with Gasteiger partial charge in [-0.2, -0.15) is 0 Å². The summed E-state index contributed by atoms with van der Waals surface area (Å²) in [4.78, 5) is 0.0841. The van der Waals surface area contributed by atoms with E-state index in [1.54, 1.807) is 0 Å². The Kier molecular flexibility index (Phi) is 3.31. The van der Waals surface area contributed by atoms with Crippen molar-refractivity contribution >= 4 is 27.3 Å². The predicted octanol–water partition coefficient (Wildman–Crippen LogP) is 0.724. The van der Waals surface area contributed by atoms with Crippen molar-refractivity contribution in [1.29, 1.82) is 0 Å². The predicted molar refractivity (Wildman–Crippen MR) is 65.2 cm³/mol. The number of aliphatic hydroxyl groups excluding tert-OH is 1. The lowest BCUT2D eigenvalue weighted by Crippen LogP contribution is -2.46. The Morgan fingerprint density at radius 1 is 1.41 bits per heavy atom. The van der Waals surface area contributed by atoms with E-state index in [0.717, 1.165) is 0 Å². The number of benzene rings is 1. The molecule has 1 fully saturated rings. The van der Waals surface area contributed by atoms with Crippen molar-refractivity contribution in [3.05, 3.63) is 23.2 Å². The van der Waals surface area contributed by atoms with E-state index in [4.69, 9.17) is 22.4 Å². The molecule has 1 aromatic rings. The highest BCUT2D eigenvalue weighted by Gasteiger charge is 2.31. The number of halogens is 1. The molecule has 17 heavy (non-hydrogen) atoms. The Bertz CT molecular complexity index is 526. The van der Waals surface area contributed by atoms with E-state index in [-0.39, 0.29) is 16.6 Å². The molecule has 0 bridgehead atoms. The summed E-state index contributed by atoms with van der Waals surface area (Å²) in [6, 6.07) is 3.96. The molecule has 0 aliphatic heterocycles. The summed E-state index contributed by atoms with van der Waals surface area (Å²) < 4.78 is 26.3. The van der Waals surface area contributed by atoms with Crippen molar-refractivity contribution in [2.24, 2.45) is 0 Å². The molecule has 4 N–H and O–H groups in total. The molecule has 0 spiro atoms. The summed E-state index contributed by atoms with van der Waals surface area (Å²) >= 11 is 5.72. The molecule has 5 nitrogen and oxygen atoms in total. The minimum atomic E-state index is -3.58. The van der Waals surface area contributed by atoms with Gasteiger partial charge < -0.3 is 10.8 Å². The lowest BCUT2D eigenvalue weighted by Gasteiger charge is -2.31. The van der Waals surface area contributed by atoms with Crippen LogP contribution in [0, 0.1) is 0 Å². The van der Waals surface area contributed by atoms with Crippen LogP contribution in [0.5, 0.6) is 0 Å². The van der Waals surface area contributed by atoms with Gasteiger partial charge in [-0.05, 0) is 31.0 Å². The van der Waals surface area contributed by atoms with Crippen LogP contribution in [0.15, 0.2) is 23.1 Å². The van der Waals surface area contributed by atoms with Crippen LogP contribution < -0.4 is 10.5 Å².